The Morgan fingerprint density at radius 1 is 0.300 bits per heavy atom. The number of benzene rings is 8. The summed E-state index contributed by atoms with van der Waals surface area (Å²) in [6.07, 6.45) is 0. The predicted molar refractivity (Wildman–Crippen MR) is 211 cm³/mol. The van der Waals surface area contributed by atoms with E-state index < -0.39 is 119 Å². The van der Waals surface area contributed by atoms with Gasteiger partial charge < -0.3 is 9.13 Å². The van der Waals surface area contributed by atoms with Gasteiger partial charge in [0, 0.05) is 32.9 Å². The van der Waals surface area contributed by atoms with Crippen molar-refractivity contribution in [2.24, 2.45) is 0 Å². The monoisotopic (exact) mass is 654 g/mol. The van der Waals surface area contributed by atoms with Gasteiger partial charge in [-0.1, -0.05) is 133 Å². The fraction of sp³-hybridized carbons (Fsp3) is 0. The number of para-hydroxylation sites is 3. The molecule has 0 atom stereocenters. The fourth-order valence-electron chi connectivity index (χ4n) is 6.62. The summed E-state index contributed by atoms with van der Waals surface area (Å²) in [6.45, 7) is 0. The Kier molecular flexibility index (Phi) is 3.62. The van der Waals surface area contributed by atoms with Crippen LogP contribution in [0.15, 0.2) is 194 Å². The Hall–Kier alpha value is -6.64. The number of aromatic nitrogens is 2. The molecule has 0 aliphatic carbocycles. The first-order chi connectivity index (χ1) is 32.3. The highest BCUT2D eigenvalue weighted by molar-refractivity contribution is 6.12. The van der Waals surface area contributed by atoms with Crippen LogP contribution in [0, 0.1) is 0 Å². The van der Waals surface area contributed by atoms with Crippen molar-refractivity contribution in [2.75, 3.05) is 0 Å². The SMILES string of the molecule is [2H]c1c([2H])c([2H])c(-c2c([2H])c([2H])c(-c3c([2H])c([2H])c(-n4c5ccccc5c5cc(-c6ccc7c(c6)c6ccccc6n7-c6c([2H])c([2H])c([2H])c([2H])c6[2H])ccc54)c([2H])c3[2H])c([2H])c2[2H])c([2H])c1[2H]. The highest BCUT2D eigenvalue weighted by Gasteiger charge is 2.16. The van der Waals surface area contributed by atoms with Gasteiger partial charge in [-0.3, -0.25) is 0 Å². The molecule has 0 saturated carbocycles. The van der Waals surface area contributed by atoms with Crippen LogP contribution in [0.4, 0.5) is 0 Å². The molecule has 50 heavy (non-hydrogen) atoms. The van der Waals surface area contributed by atoms with Crippen molar-refractivity contribution in [3.8, 4) is 44.8 Å². The van der Waals surface area contributed by atoms with E-state index in [0.29, 0.717) is 32.8 Å². The normalized spacial score (nSPS) is 16.6. The van der Waals surface area contributed by atoms with Gasteiger partial charge in [0.25, 0.3) is 0 Å². The summed E-state index contributed by atoms with van der Waals surface area (Å²) >= 11 is 0. The minimum atomic E-state index is -0.794. The minimum absolute atomic E-state index is 0.0268. The molecule has 8 aromatic carbocycles. The molecule has 10 aromatic rings. The van der Waals surface area contributed by atoms with Crippen LogP contribution in [-0.4, -0.2) is 9.13 Å². The quantitative estimate of drug-likeness (QED) is 0.175. The number of fused-ring (bicyclic) bond motifs is 6. The minimum Gasteiger partial charge on any atom is -0.309 e. The molecule has 0 bridgehead atoms. The Labute approximate surface area is 316 Å². The van der Waals surface area contributed by atoms with Crippen molar-refractivity contribution in [2.45, 2.75) is 0 Å². The third kappa shape index (κ3) is 4.57. The molecule has 0 aliphatic heterocycles. The first kappa shape index (κ1) is 15.7. The second kappa shape index (κ2) is 11.5. The molecule has 0 unspecified atom stereocenters. The van der Waals surface area contributed by atoms with E-state index in [4.69, 9.17) is 19.2 Å². The fourth-order valence-corrected chi connectivity index (χ4v) is 6.62. The zero-order valence-corrected chi connectivity index (χ0v) is 26.0. The van der Waals surface area contributed by atoms with Crippen LogP contribution < -0.4 is 0 Å². The maximum Gasteiger partial charge on any atom is 0.0645 e. The lowest BCUT2D eigenvalue weighted by atomic mass is 10.00. The molecular formula is C48H32N2. The lowest BCUT2D eigenvalue weighted by Gasteiger charge is -2.11. The third-order valence-electron chi connectivity index (χ3n) is 8.85. The molecule has 0 spiro atoms. The zero-order chi connectivity index (χ0) is 48.7. The Morgan fingerprint density at radius 2 is 0.680 bits per heavy atom. The van der Waals surface area contributed by atoms with Gasteiger partial charge >= 0.3 is 0 Å². The number of nitrogens with zero attached hydrogens (tertiary/aromatic N) is 2. The molecule has 0 radical (unpaired) electrons. The molecule has 234 valence electrons. The third-order valence-corrected chi connectivity index (χ3v) is 8.85. The number of hydrogen-bond donors (Lipinski definition) is 0. The van der Waals surface area contributed by atoms with Crippen molar-refractivity contribution in [3.05, 3.63) is 194 Å². The smallest absolute Gasteiger partial charge is 0.0645 e. The van der Waals surface area contributed by atoms with Gasteiger partial charge in [-0.05, 0) is 93.9 Å². The molecule has 10 rings (SSSR count). The van der Waals surface area contributed by atoms with Crippen molar-refractivity contribution < 1.29 is 24.7 Å². The highest BCUT2D eigenvalue weighted by atomic mass is 15.0. The van der Waals surface area contributed by atoms with E-state index >= 15 is 0 Å². The maximum absolute atomic E-state index is 9.35. The summed E-state index contributed by atoms with van der Waals surface area (Å²) in [5.74, 6) is 0. The van der Waals surface area contributed by atoms with Crippen molar-refractivity contribution in [1.82, 2.24) is 9.13 Å². The molecule has 2 heteroatoms. The molecular weight excluding hydrogens is 605 g/mol. The molecule has 0 saturated heterocycles. The van der Waals surface area contributed by atoms with E-state index in [9.17, 15) is 5.48 Å². The average molecular weight is 655 g/mol. The predicted octanol–water partition coefficient (Wildman–Crippen LogP) is 12.9. The zero-order valence-electron chi connectivity index (χ0n) is 44.0. The van der Waals surface area contributed by atoms with Crippen molar-refractivity contribution >= 4 is 43.6 Å². The first-order valence-corrected chi connectivity index (χ1v) is 15.7. The van der Waals surface area contributed by atoms with Crippen LogP contribution in [-0.2, 0) is 0 Å². The molecule has 2 aromatic heterocycles. The van der Waals surface area contributed by atoms with Crippen LogP contribution >= 0.6 is 0 Å². The van der Waals surface area contributed by atoms with E-state index in [1.54, 1.807) is 27.3 Å². The molecule has 2 heterocycles. The topological polar surface area (TPSA) is 9.86 Å². The van der Waals surface area contributed by atoms with Gasteiger partial charge in [0.05, 0.1) is 46.7 Å². The highest BCUT2D eigenvalue weighted by Crippen LogP contribution is 2.38. The molecule has 0 fully saturated rings. The maximum atomic E-state index is 9.35. The summed E-state index contributed by atoms with van der Waals surface area (Å²) < 4.78 is 160. The van der Waals surface area contributed by atoms with Crippen molar-refractivity contribution in [1.29, 1.82) is 0 Å². The summed E-state index contributed by atoms with van der Waals surface area (Å²) in [7, 11) is 0. The largest absolute Gasteiger partial charge is 0.309 e. The Balaban J connectivity index is 1.14. The van der Waals surface area contributed by atoms with Gasteiger partial charge in [0.15, 0.2) is 0 Å². The lowest BCUT2D eigenvalue weighted by molar-refractivity contribution is 1.18. The lowest BCUT2D eigenvalue weighted by Crippen LogP contribution is -1.94. The average Bonchev–Trinajstić information content (AvgIpc) is 3.84. The van der Waals surface area contributed by atoms with E-state index in [1.807, 2.05) is 66.7 Å². The molecule has 2 nitrogen and oxygen atoms in total. The van der Waals surface area contributed by atoms with Crippen LogP contribution in [0.2, 0.25) is 0 Å². The summed E-state index contributed by atoms with van der Waals surface area (Å²) in [5, 5.41) is 2.97. The van der Waals surface area contributed by atoms with E-state index in [-0.39, 0.29) is 23.5 Å². The first-order valence-electron chi connectivity index (χ1n) is 24.7. The number of rotatable bonds is 5. The van der Waals surface area contributed by atoms with Gasteiger partial charge in [0.1, 0.15) is 0 Å². The van der Waals surface area contributed by atoms with Gasteiger partial charge in [-0.25, -0.2) is 0 Å². The molecule has 0 N–H and O–H groups in total. The summed E-state index contributed by atoms with van der Waals surface area (Å²) in [5.41, 5.74) is 1.57. The Bertz CT molecular complexity index is 3790. The van der Waals surface area contributed by atoms with Gasteiger partial charge in [0.2, 0.25) is 0 Å². The second-order valence-corrected chi connectivity index (χ2v) is 11.6. The van der Waals surface area contributed by atoms with Gasteiger partial charge in [-0.2, -0.15) is 0 Å². The van der Waals surface area contributed by atoms with Crippen LogP contribution in [0.25, 0.3) is 88.4 Å². The van der Waals surface area contributed by atoms with Crippen LogP contribution in [0.1, 0.15) is 24.7 Å². The standard InChI is InChI=1S/C48H32N2/c1-3-11-33(12-4-1)34-19-21-35(22-20-34)36-23-27-40(28-24-36)50-46-18-10-8-16-42(46)44-32-38(26-30-48(44)50)37-25-29-47-43(31-37)41-15-7-9-17-45(41)49(47)39-13-5-2-6-14-39/h1-32H/i1D,2D,3D,4D,5D,6D,11D,12D,13D,14D,19D,20D,21D,22D,23D,24D,27D,28D. The van der Waals surface area contributed by atoms with Crippen LogP contribution in [0.5, 0.6) is 0 Å². The van der Waals surface area contributed by atoms with E-state index in [2.05, 4.69) is 0 Å². The van der Waals surface area contributed by atoms with E-state index in [1.165, 1.54) is 0 Å². The van der Waals surface area contributed by atoms with Gasteiger partial charge in [-0.15, -0.1) is 0 Å². The summed E-state index contributed by atoms with van der Waals surface area (Å²) in [6, 6.07) is 14.6. The summed E-state index contributed by atoms with van der Waals surface area (Å²) in [4.78, 5) is 0. The van der Waals surface area contributed by atoms with Crippen molar-refractivity contribution in [3.63, 3.8) is 0 Å². The number of hydrogen-bond acceptors (Lipinski definition) is 0. The molecule has 0 amide bonds. The Morgan fingerprint density at radius 3 is 1.18 bits per heavy atom. The molecule has 0 aliphatic rings. The van der Waals surface area contributed by atoms with E-state index in [0.717, 1.165) is 21.9 Å². The van der Waals surface area contributed by atoms with Crippen LogP contribution in [0.3, 0.4) is 0 Å². The second-order valence-electron chi connectivity index (χ2n) is 11.6.